The van der Waals surface area contributed by atoms with Gasteiger partial charge in [-0.2, -0.15) is 0 Å². The molecule has 0 aliphatic rings. The number of alkyl halides is 1. The fraction of sp³-hybridized carbons (Fsp3) is 0.167. The summed E-state index contributed by atoms with van der Waals surface area (Å²) in [6.07, 6.45) is 1.79. The van der Waals surface area contributed by atoms with Crippen LogP contribution in [0.15, 0.2) is 18.3 Å². The van der Waals surface area contributed by atoms with E-state index in [1.807, 2.05) is 12.1 Å². The molecule has 0 unspecified atom stereocenters. The van der Waals surface area contributed by atoms with Gasteiger partial charge >= 0.3 is 0 Å². The number of hydrogen-bond acceptors (Lipinski definition) is 1. The highest BCUT2D eigenvalue weighted by molar-refractivity contribution is 14.1. The molecule has 3 heteroatoms. The number of nitrogens with zero attached hydrogens (tertiary/aromatic N) is 1. The van der Waals surface area contributed by atoms with Gasteiger partial charge in [0, 0.05) is 12.1 Å². The summed E-state index contributed by atoms with van der Waals surface area (Å²) in [5.74, 6) is 0.546. The second-order valence-corrected chi connectivity index (χ2v) is 3.00. The van der Waals surface area contributed by atoms with E-state index in [0.717, 1.165) is 9.26 Å². The minimum Gasteiger partial charge on any atom is -0.250 e. The van der Waals surface area contributed by atoms with E-state index in [4.69, 9.17) is 11.6 Å². The highest BCUT2D eigenvalue weighted by Gasteiger charge is 1.88. The van der Waals surface area contributed by atoms with Crippen LogP contribution in [-0.2, 0) is 5.88 Å². The molecule has 0 atom stereocenters. The van der Waals surface area contributed by atoms with Crippen LogP contribution in [0.25, 0.3) is 0 Å². The standard InChI is InChI=1S/C6H5ClIN/c7-3-5-1-2-6(8)9-4-5/h1-2,4H,3H2. The highest BCUT2D eigenvalue weighted by atomic mass is 127. The number of aromatic nitrogens is 1. The van der Waals surface area contributed by atoms with Gasteiger partial charge < -0.3 is 0 Å². The summed E-state index contributed by atoms with van der Waals surface area (Å²) in [6.45, 7) is 0. The Morgan fingerprint density at radius 3 is 2.78 bits per heavy atom. The van der Waals surface area contributed by atoms with E-state index < -0.39 is 0 Å². The lowest BCUT2D eigenvalue weighted by Gasteiger charge is -1.91. The largest absolute Gasteiger partial charge is 0.250 e. The summed E-state index contributed by atoms with van der Waals surface area (Å²) in [4.78, 5) is 4.05. The van der Waals surface area contributed by atoms with Crippen LogP contribution in [0.3, 0.4) is 0 Å². The molecule has 1 nitrogen and oxygen atoms in total. The third-order valence-corrected chi connectivity index (χ3v) is 1.89. The molecule has 1 aromatic heterocycles. The molecule has 0 saturated carbocycles. The molecule has 9 heavy (non-hydrogen) atoms. The summed E-state index contributed by atoms with van der Waals surface area (Å²) in [5.41, 5.74) is 1.07. The Hall–Kier alpha value is 0.170. The zero-order chi connectivity index (χ0) is 6.69. The van der Waals surface area contributed by atoms with Gasteiger partial charge in [0.2, 0.25) is 0 Å². The molecule has 0 aromatic carbocycles. The first-order valence-corrected chi connectivity index (χ1v) is 4.10. The van der Waals surface area contributed by atoms with Crippen molar-refractivity contribution in [2.75, 3.05) is 0 Å². The van der Waals surface area contributed by atoms with Crippen LogP contribution in [0, 0.1) is 3.70 Å². The van der Waals surface area contributed by atoms with E-state index in [1.165, 1.54) is 0 Å². The molecule has 0 saturated heterocycles. The minimum atomic E-state index is 0.546. The van der Waals surface area contributed by atoms with Crippen LogP contribution in [0.2, 0.25) is 0 Å². The molecular formula is C6H5ClIN. The Morgan fingerprint density at radius 2 is 2.33 bits per heavy atom. The second kappa shape index (κ2) is 3.37. The van der Waals surface area contributed by atoms with Gasteiger partial charge in [-0.15, -0.1) is 11.6 Å². The first-order valence-electron chi connectivity index (χ1n) is 2.49. The molecule has 48 valence electrons. The van der Waals surface area contributed by atoms with Crippen molar-refractivity contribution in [2.24, 2.45) is 0 Å². The first-order chi connectivity index (χ1) is 4.33. The molecular weight excluding hydrogens is 248 g/mol. The average Bonchev–Trinajstić information content (AvgIpc) is 1.90. The van der Waals surface area contributed by atoms with E-state index in [-0.39, 0.29) is 0 Å². The summed E-state index contributed by atoms with van der Waals surface area (Å²) >= 11 is 7.70. The van der Waals surface area contributed by atoms with Crippen molar-refractivity contribution in [1.29, 1.82) is 0 Å². The number of hydrogen-bond donors (Lipinski definition) is 0. The number of pyridine rings is 1. The van der Waals surface area contributed by atoms with E-state index in [1.54, 1.807) is 6.20 Å². The normalized spacial score (nSPS) is 9.56. The summed E-state index contributed by atoms with van der Waals surface area (Å²) in [5, 5.41) is 0. The SMILES string of the molecule is ClCc1ccc(I)nc1. The van der Waals surface area contributed by atoms with Gasteiger partial charge in [0.1, 0.15) is 3.70 Å². The van der Waals surface area contributed by atoms with Gasteiger partial charge in [-0.05, 0) is 34.2 Å². The molecule has 1 aromatic rings. The average molecular weight is 253 g/mol. The molecule has 1 rings (SSSR count). The van der Waals surface area contributed by atoms with Crippen LogP contribution in [0.4, 0.5) is 0 Å². The Labute approximate surface area is 72.6 Å². The summed E-state index contributed by atoms with van der Waals surface area (Å²) in [7, 11) is 0. The number of rotatable bonds is 1. The van der Waals surface area contributed by atoms with Gasteiger partial charge in [0.25, 0.3) is 0 Å². The maximum absolute atomic E-state index is 5.54. The van der Waals surface area contributed by atoms with Crippen molar-refractivity contribution in [3.05, 3.63) is 27.6 Å². The van der Waals surface area contributed by atoms with E-state index in [0.29, 0.717) is 5.88 Å². The quantitative estimate of drug-likeness (QED) is 0.425. The zero-order valence-corrected chi connectivity index (χ0v) is 7.56. The third-order valence-electron chi connectivity index (χ3n) is 0.943. The summed E-state index contributed by atoms with van der Waals surface area (Å²) in [6, 6.07) is 3.92. The topological polar surface area (TPSA) is 12.9 Å². The highest BCUT2D eigenvalue weighted by Crippen LogP contribution is 2.04. The minimum absolute atomic E-state index is 0.546. The third kappa shape index (κ3) is 2.10. The maximum atomic E-state index is 5.54. The molecule has 0 fully saturated rings. The Kier molecular flexibility index (Phi) is 2.72. The molecule has 0 amide bonds. The van der Waals surface area contributed by atoms with Crippen molar-refractivity contribution in [2.45, 2.75) is 5.88 Å². The van der Waals surface area contributed by atoms with Gasteiger partial charge in [0.05, 0.1) is 0 Å². The van der Waals surface area contributed by atoms with Gasteiger partial charge in [-0.25, -0.2) is 0 Å². The van der Waals surface area contributed by atoms with Crippen LogP contribution in [0.5, 0.6) is 0 Å². The molecule has 0 aliphatic heterocycles. The molecule has 0 aliphatic carbocycles. The molecule has 0 N–H and O–H groups in total. The van der Waals surface area contributed by atoms with Crippen molar-refractivity contribution < 1.29 is 0 Å². The van der Waals surface area contributed by atoms with Crippen LogP contribution < -0.4 is 0 Å². The fourth-order valence-electron chi connectivity index (χ4n) is 0.485. The molecule has 0 bridgehead atoms. The second-order valence-electron chi connectivity index (χ2n) is 1.62. The lowest BCUT2D eigenvalue weighted by Crippen LogP contribution is -1.81. The summed E-state index contributed by atoms with van der Waals surface area (Å²) < 4.78 is 1.00. The molecule has 0 spiro atoms. The maximum Gasteiger partial charge on any atom is 0.101 e. The van der Waals surface area contributed by atoms with Crippen molar-refractivity contribution in [1.82, 2.24) is 4.98 Å². The monoisotopic (exact) mass is 253 g/mol. The van der Waals surface area contributed by atoms with Gasteiger partial charge in [-0.1, -0.05) is 6.07 Å². The van der Waals surface area contributed by atoms with Crippen molar-refractivity contribution in [3.63, 3.8) is 0 Å². The lowest BCUT2D eigenvalue weighted by atomic mass is 10.3. The lowest BCUT2D eigenvalue weighted by molar-refractivity contribution is 1.21. The molecule has 1 heterocycles. The fourth-order valence-corrected chi connectivity index (χ4v) is 0.963. The van der Waals surface area contributed by atoms with Crippen LogP contribution in [0.1, 0.15) is 5.56 Å². The van der Waals surface area contributed by atoms with Crippen LogP contribution >= 0.6 is 34.2 Å². The predicted octanol–water partition coefficient (Wildman–Crippen LogP) is 2.43. The Morgan fingerprint density at radius 1 is 1.56 bits per heavy atom. The Balaban J connectivity index is 2.88. The van der Waals surface area contributed by atoms with E-state index in [9.17, 15) is 0 Å². The van der Waals surface area contributed by atoms with Gasteiger partial charge in [-0.3, -0.25) is 4.98 Å². The smallest absolute Gasteiger partial charge is 0.101 e. The molecule has 0 radical (unpaired) electrons. The first kappa shape index (κ1) is 7.28. The number of halogens is 2. The van der Waals surface area contributed by atoms with Crippen molar-refractivity contribution >= 4 is 34.2 Å². The van der Waals surface area contributed by atoms with E-state index in [2.05, 4.69) is 27.6 Å². The zero-order valence-electron chi connectivity index (χ0n) is 4.64. The van der Waals surface area contributed by atoms with E-state index >= 15 is 0 Å². The predicted molar refractivity (Wildman–Crippen MR) is 46.5 cm³/mol. The van der Waals surface area contributed by atoms with Crippen molar-refractivity contribution in [3.8, 4) is 0 Å². The Bertz CT molecular complexity index is 185. The van der Waals surface area contributed by atoms with Gasteiger partial charge in [0.15, 0.2) is 0 Å². The van der Waals surface area contributed by atoms with Crippen LogP contribution in [-0.4, -0.2) is 4.98 Å².